The zero-order valence-corrected chi connectivity index (χ0v) is 10.1. The van der Waals surface area contributed by atoms with Crippen molar-refractivity contribution in [2.75, 3.05) is 0 Å². The third-order valence-corrected chi connectivity index (χ3v) is 2.50. The van der Waals surface area contributed by atoms with Gasteiger partial charge >= 0.3 is 6.18 Å². The average Bonchev–Trinajstić information content (AvgIpc) is 2.34. The van der Waals surface area contributed by atoms with Crippen LogP contribution in [0.2, 0.25) is 0 Å². The molecule has 0 bridgehead atoms. The molecule has 0 aliphatic rings. The van der Waals surface area contributed by atoms with Gasteiger partial charge in [0.2, 0.25) is 0 Å². The van der Waals surface area contributed by atoms with Gasteiger partial charge in [0.1, 0.15) is 0 Å². The predicted octanol–water partition coefficient (Wildman–Crippen LogP) is 3.62. The first-order valence-corrected chi connectivity index (χ1v) is 5.32. The van der Waals surface area contributed by atoms with Crippen LogP contribution in [0.3, 0.4) is 0 Å². The molecule has 1 aromatic rings. The zero-order valence-electron chi connectivity index (χ0n) is 10.1. The minimum absolute atomic E-state index is 0.0751. The number of halogens is 3. The fourth-order valence-corrected chi connectivity index (χ4v) is 1.27. The van der Waals surface area contributed by atoms with E-state index in [-0.39, 0.29) is 12.3 Å². The summed E-state index contributed by atoms with van der Waals surface area (Å²) in [4.78, 5) is 9.86. The van der Waals surface area contributed by atoms with Gasteiger partial charge in [0.25, 0.3) is 5.69 Å². The van der Waals surface area contributed by atoms with Crippen LogP contribution in [0.15, 0.2) is 36.4 Å². The normalized spacial score (nSPS) is 13.1. The van der Waals surface area contributed by atoms with E-state index in [1.807, 2.05) is 0 Å². The Balaban J connectivity index is 2.57. The molecule has 0 aliphatic carbocycles. The van der Waals surface area contributed by atoms with Crippen LogP contribution in [-0.4, -0.2) is 17.2 Å². The molecule has 1 rings (SSSR count). The molecule has 0 saturated carbocycles. The van der Waals surface area contributed by atoms with Crippen LogP contribution in [0.1, 0.15) is 12.5 Å². The summed E-state index contributed by atoms with van der Waals surface area (Å²) >= 11 is 0. The van der Waals surface area contributed by atoms with Crippen molar-refractivity contribution < 1.29 is 22.8 Å². The van der Waals surface area contributed by atoms with Crippen molar-refractivity contribution >= 4 is 5.69 Å². The Morgan fingerprint density at radius 3 is 2.37 bits per heavy atom. The summed E-state index contributed by atoms with van der Waals surface area (Å²) in [6.07, 6.45) is -5.66. The molecule has 0 radical (unpaired) electrons. The van der Waals surface area contributed by atoms with Gasteiger partial charge in [0.15, 0.2) is 0 Å². The van der Waals surface area contributed by atoms with E-state index in [1.54, 1.807) is 0 Å². The molecule has 0 aliphatic heterocycles. The van der Waals surface area contributed by atoms with Gasteiger partial charge in [-0.25, -0.2) is 0 Å². The lowest BCUT2D eigenvalue weighted by atomic mass is 10.2. The van der Waals surface area contributed by atoms with Crippen LogP contribution in [0.4, 0.5) is 18.9 Å². The van der Waals surface area contributed by atoms with Crippen molar-refractivity contribution in [3.05, 3.63) is 52.1 Å². The molecule has 0 heterocycles. The van der Waals surface area contributed by atoms with Crippen LogP contribution >= 0.6 is 0 Å². The highest BCUT2D eigenvalue weighted by atomic mass is 19.4. The molecule has 4 nitrogen and oxygen atoms in total. The third kappa shape index (κ3) is 4.36. The smallest absolute Gasteiger partial charge is 0.369 e. The van der Waals surface area contributed by atoms with Crippen LogP contribution in [0, 0.1) is 10.1 Å². The van der Waals surface area contributed by atoms with Crippen molar-refractivity contribution in [3.63, 3.8) is 0 Å². The van der Waals surface area contributed by atoms with E-state index in [0.717, 1.165) is 0 Å². The SMILES string of the molecule is C=C([C@H](C)OCc1ccc([N+](=O)[O-])cc1)C(F)(F)F. The molecule has 104 valence electrons. The summed E-state index contributed by atoms with van der Waals surface area (Å²) in [5.41, 5.74) is -0.502. The maximum absolute atomic E-state index is 12.3. The maximum atomic E-state index is 12.3. The molecule has 0 saturated heterocycles. The van der Waals surface area contributed by atoms with Crippen molar-refractivity contribution in [1.82, 2.24) is 0 Å². The Hall–Kier alpha value is -1.89. The largest absolute Gasteiger partial charge is 0.414 e. The number of ether oxygens (including phenoxy) is 1. The second-order valence-corrected chi connectivity index (χ2v) is 3.90. The van der Waals surface area contributed by atoms with Crippen LogP contribution in [0.25, 0.3) is 0 Å². The van der Waals surface area contributed by atoms with E-state index >= 15 is 0 Å². The number of rotatable bonds is 5. The first-order valence-electron chi connectivity index (χ1n) is 5.32. The molecule has 7 heteroatoms. The molecule has 0 amide bonds. The molecule has 0 aromatic heterocycles. The summed E-state index contributed by atoms with van der Waals surface area (Å²) < 4.78 is 42.0. The number of non-ortho nitro benzene ring substituents is 1. The lowest BCUT2D eigenvalue weighted by Crippen LogP contribution is -2.23. The molecule has 1 aromatic carbocycles. The lowest BCUT2D eigenvalue weighted by Gasteiger charge is -2.18. The topological polar surface area (TPSA) is 52.4 Å². The van der Waals surface area contributed by atoms with Gasteiger partial charge in [-0.3, -0.25) is 10.1 Å². The Morgan fingerprint density at radius 1 is 1.42 bits per heavy atom. The van der Waals surface area contributed by atoms with Gasteiger partial charge in [-0.2, -0.15) is 13.2 Å². The molecule has 0 unspecified atom stereocenters. The highest BCUT2D eigenvalue weighted by Gasteiger charge is 2.35. The fourth-order valence-electron chi connectivity index (χ4n) is 1.27. The number of hydrogen-bond donors (Lipinski definition) is 0. The van der Waals surface area contributed by atoms with Gasteiger partial charge in [-0.05, 0) is 24.6 Å². The lowest BCUT2D eigenvalue weighted by molar-refractivity contribution is -0.384. The Bertz CT molecular complexity index is 468. The predicted molar refractivity (Wildman–Crippen MR) is 62.5 cm³/mol. The number of benzene rings is 1. The Labute approximate surface area is 107 Å². The second kappa shape index (κ2) is 5.83. The molecular weight excluding hydrogens is 263 g/mol. The minimum Gasteiger partial charge on any atom is -0.369 e. The van der Waals surface area contributed by atoms with Gasteiger partial charge in [-0.1, -0.05) is 6.58 Å². The molecule has 0 fully saturated rings. The second-order valence-electron chi connectivity index (χ2n) is 3.90. The molecule has 19 heavy (non-hydrogen) atoms. The number of alkyl halides is 3. The first-order chi connectivity index (χ1) is 8.71. The summed E-state index contributed by atoms with van der Waals surface area (Å²) in [6.45, 7) is 4.11. The van der Waals surface area contributed by atoms with E-state index in [4.69, 9.17) is 4.74 Å². The van der Waals surface area contributed by atoms with E-state index in [1.165, 1.54) is 31.2 Å². The number of hydrogen-bond acceptors (Lipinski definition) is 3. The number of nitrogens with zero attached hydrogens (tertiary/aromatic N) is 1. The van der Waals surface area contributed by atoms with Crippen molar-refractivity contribution in [3.8, 4) is 0 Å². The molecule has 0 N–H and O–H groups in total. The highest BCUT2D eigenvalue weighted by molar-refractivity contribution is 5.32. The fraction of sp³-hybridized carbons (Fsp3) is 0.333. The standard InChI is InChI=1S/C12H12F3NO3/c1-8(12(13,14)15)9(2)19-7-10-3-5-11(6-4-10)16(17)18/h3-6,9H,1,7H2,2H3/t9-/m0/s1. The van der Waals surface area contributed by atoms with Gasteiger partial charge in [0, 0.05) is 12.1 Å². The van der Waals surface area contributed by atoms with Crippen LogP contribution in [-0.2, 0) is 11.3 Å². The number of nitro benzene ring substituents is 1. The zero-order chi connectivity index (χ0) is 14.6. The monoisotopic (exact) mass is 275 g/mol. The van der Waals surface area contributed by atoms with Crippen LogP contribution < -0.4 is 0 Å². The number of nitro groups is 1. The van der Waals surface area contributed by atoms with Crippen molar-refractivity contribution in [1.29, 1.82) is 0 Å². The third-order valence-electron chi connectivity index (χ3n) is 2.50. The van der Waals surface area contributed by atoms with Gasteiger partial charge in [-0.15, -0.1) is 0 Å². The summed E-state index contributed by atoms with van der Waals surface area (Å²) in [7, 11) is 0. The Kier molecular flexibility index (Phi) is 4.66. The minimum atomic E-state index is -4.49. The van der Waals surface area contributed by atoms with E-state index < -0.39 is 22.8 Å². The van der Waals surface area contributed by atoms with E-state index in [9.17, 15) is 23.3 Å². The van der Waals surface area contributed by atoms with Gasteiger partial charge < -0.3 is 4.74 Å². The maximum Gasteiger partial charge on any atom is 0.414 e. The molecule has 0 spiro atoms. The van der Waals surface area contributed by atoms with Crippen molar-refractivity contribution in [2.24, 2.45) is 0 Å². The quantitative estimate of drug-likeness (QED) is 0.468. The summed E-state index contributed by atoms with van der Waals surface area (Å²) in [6, 6.07) is 5.40. The van der Waals surface area contributed by atoms with E-state index in [2.05, 4.69) is 6.58 Å². The molecular formula is C12H12F3NO3. The average molecular weight is 275 g/mol. The van der Waals surface area contributed by atoms with Crippen molar-refractivity contribution in [2.45, 2.75) is 25.8 Å². The Morgan fingerprint density at radius 2 is 1.95 bits per heavy atom. The molecule has 1 atom stereocenters. The summed E-state index contributed by atoms with van der Waals surface area (Å²) in [5, 5.41) is 10.4. The highest BCUT2D eigenvalue weighted by Crippen LogP contribution is 2.28. The van der Waals surface area contributed by atoms with Crippen LogP contribution in [0.5, 0.6) is 0 Å². The first kappa shape index (κ1) is 15.2. The van der Waals surface area contributed by atoms with Gasteiger partial charge in [0.05, 0.1) is 23.2 Å². The van der Waals surface area contributed by atoms with E-state index in [0.29, 0.717) is 5.56 Å². The summed E-state index contributed by atoms with van der Waals surface area (Å²) in [5.74, 6) is 0.